The van der Waals surface area contributed by atoms with Gasteiger partial charge in [-0.25, -0.2) is 4.98 Å². The number of pyridine rings is 2. The lowest BCUT2D eigenvalue weighted by Crippen LogP contribution is -2.34. The van der Waals surface area contributed by atoms with Gasteiger partial charge in [0, 0.05) is 22.7 Å². The molecule has 3 N–H and O–H groups in total. The van der Waals surface area contributed by atoms with E-state index < -0.39 is 0 Å². The fraction of sp³-hybridized carbons (Fsp3) is 0.208. The molecule has 0 amide bonds. The van der Waals surface area contributed by atoms with Crippen molar-refractivity contribution >= 4 is 21.9 Å². The van der Waals surface area contributed by atoms with Crippen LogP contribution in [0.1, 0.15) is 12.8 Å². The van der Waals surface area contributed by atoms with Gasteiger partial charge in [-0.3, -0.25) is 10.1 Å². The average molecular weight is 410 g/mol. The van der Waals surface area contributed by atoms with Crippen molar-refractivity contribution in [2.24, 2.45) is 0 Å². The summed E-state index contributed by atoms with van der Waals surface area (Å²) in [6, 6.07) is 16.3. The van der Waals surface area contributed by atoms with Crippen molar-refractivity contribution in [1.29, 1.82) is 0 Å². The van der Waals surface area contributed by atoms with Gasteiger partial charge in [0.1, 0.15) is 23.1 Å². The van der Waals surface area contributed by atoms with E-state index in [0.29, 0.717) is 0 Å². The Morgan fingerprint density at radius 3 is 2.74 bits per heavy atom. The Morgan fingerprint density at radius 1 is 0.935 bits per heavy atom. The first-order valence-corrected chi connectivity index (χ1v) is 10.6. The summed E-state index contributed by atoms with van der Waals surface area (Å²) in [6.07, 6.45) is 5.86. The largest absolute Gasteiger partial charge is 0.489 e. The zero-order valence-corrected chi connectivity index (χ0v) is 16.9. The normalized spacial score (nSPS) is 15.0. The third kappa shape index (κ3) is 3.43. The molecule has 154 valence electrons. The first-order valence-electron chi connectivity index (χ1n) is 10.6. The van der Waals surface area contributed by atoms with Crippen LogP contribution < -0.4 is 10.1 Å². The van der Waals surface area contributed by atoms with E-state index in [1.165, 1.54) is 0 Å². The molecule has 0 spiro atoms. The maximum Gasteiger partial charge on any atom is 0.138 e. The van der Waals surface area contributed by atoms with Gasteiger partial charge >= 0.3 is 0 Å². The maximum absolute atomic E-state index is 6.16. The van der Waals surface area contributed by atoms with Gasteiger partial charge < -0.3 is 15.0 Å². The summed E-state index contributed by atoms with van der Waals surface area (Å²) in [7, 11) is 0. The van der Waals surface area contributed by atoms with E-state index in [2.05, 4.69) is 43.7 Å². The van der Waals surface area contributed by atoms with Gasteiger partial charge in [0.05, 0.1) is 23.1 Å². The van der Waals surface area contributed by atoms with Gasteiger partial charge in [0.2, 0.25) is 0 Å². The van der Waals surface area contributed by atoms with E-state index in [0.717, 1.165) is 76.3 Å². The third-order valence-corrected chi connectivity index (χ3v) is 5.79. The van der Waals surface area contributed by atoms with Gasteiger partial charge in [-0.05, 0) is 56.3 Å². The minimum atomic E-state index is 0.233. The number of aromatic nitrogens is 5. The highest BCUT2D eigenvalue weighted by Crippen LogP contribution is 2.30. The fourth-order valence-corrected chi connectivity index (χ4v) is 4.18. The van der Waals surface area contributed by atoms with E-state index in [-0.39, 0.29) is 6.10 Å². The minimum absolute atomic E-state index is 0.233. The first-order chi connectivity index (χ1) is 15.3. The molecule has 1 aromatic carbocycles. The standard InChI is InChI=1S/C24H22N6O/c1-2-4-19-15(3-1)12-22(27-19)24-23-21(29-30-24)6-5-20(28-23)16-11-18(14-26-13-16)31-17-7-9-25-10-8-17/h1-6,11-14,17,25,27H,7-10H2,(H,29,30). The molecule has 0 bridgehead atoms. The number of H-pyrrole nitrogens is 2. The Kier molecular flexibility index (Phi) is 4.39. The van der Waals surface area contributed by atoms with Crippen LogP contribution in [0.15, 0.2) is 60.9 Å². The highest BCUT2D eigenvalue weighted by atomic mass is 16.5. The first kappa shape index (κ1) is 18.1. The quantitative estimate of drug-likeness (QED) is 0.411. The molecule has 0 radical (unpaired) electrons. The topological polar surface area (TPSA) is 91.5 Å². The number of ether oxygens (including phenoxy) is 1. The maximum atomic E-state index is 6.16. The molecule has 5 heterocycles. The molecule has 0 atom stereocenters. The molecule has 31 heavy (non-hydrogen) atoms. The van der Waals surface area contributed by atoms with Crippen LogP contribution in [0.2, 0.25) is 0 Å². The van der Waals surface area contributed by atoms with E-state index >= 15 is 0 Å². The van der Waals surface area contributed by atoms with Crippen molar-refractivity contribution in [3.05, 3.63) is 60.9 Å². The SMILES string of the molecule is c1ccc2[nH]c(-c3n[nH]c4ccc(-c5cncc(OC6CCNCC6)c5)nc34)cc2c1. The average Bonchev–Trinajstić information content (AvgIpc) is 3.43. The van der Waals surface area contributed by atoms with Crippen LogP contribution in [0.5, 0.6) is 5.75 Å². The van der Waals surface area contributed by atoms with Crippen LogP contribution in [0.25, 0.3) is 44.6 Å². The molecule has 4 aromatic heterocycles. The molecule has 1 aliphatic heterocycles. The van der Waals surface area contributed by atoms with Crippen LogP contribution in [0.3, 0.4) is 0 Å². The highest BCUT2D eigenvalue weighted by molar-refractivity contribution is 5.94. The second kappa shape index (κ2) is 7.52. The van der Waals surface area contributed by atoms with Crippen molar-refractivity contribution in [1.82, 2.24) is 30.5 Å². The van der Waals surface area contributed by atoms with Crippen LogP contribution >= 0.6 is 0 Å². The second-order valence-electron chi connectivity index (χ2n) is 7.91. The molecule has 1 fully saturated rings. The molecule has 1 saturated heterocycles. The van der Waals surface area contributed by atoms with Crippen LogP contribution in [0, 0.1) is 0 Å². The Balaban J connectivity index is 1.36. The third-order valence-electron chi connectivity index (χ3n) is 5.79. The van der Waals surface area contributed by atoms with Gasteiger partial charge in [0.25, 0.3) is 0 Å². The van der Waals surface area contributed by atoms with E-state index in [1.54, 1.807) is 6.20 Å². The predicted octanol–water partition coefficient (Wildman–Crippen LogP) is 4.30. The zero-order chi connectivity index (χ0) is 20.6. The Bertz CT molecular complexity index is 1330. The summed E-state index contributed by atoms with van der Waals surface area (Å²) < 4.78 is 6.16. The second-order valence-corrected chi connectivity index (χ2v) is 7.91. The van der Waals surface area contributed by atoms with Gasteiger partial charge in [-0.1, -0.05) is 18.2 Å². The number of benzene rings is 1. The molecule has 0 unspecified atom stereocenters. The number of hydrogen-bond donors (Lipinski definition) is 3. The van der Waals surface area contributed by atoms with Crippen molar-refractivity contribution < 1.29 is 4.74 Å². The molecule has 6 rings (SSSR count). The molecule has 1 aliphatic rings. The van der Waals surface area contributed by atoms with E-state index in [4.69, 9.17) is 9.72 Å². The Hall–Kier alpha value is -3.71. The summed E-state index contributed by atoms with van der Waals surface area (Å²) in [6.45, 7) is 1.99. The number of aromatic amines is 2. The summed E-state index contributed by atoms with van der Waals surface area (Å²) >= 11 is 0. The predicted molar refractivity (Wildman–Crippen MR) is 121 cm³/mol. The number of para-hydroxylation sites is 1. The van der Waals surface area contributed by atoms with Crippen LogP contribution in [-0.2, 0) is 0 Å². The van der Waals surface area contributed by atoms with Crippen LogP contribution in [-0.4, -0.2) is 44.3 Å². The van der Waals surface area contributed by atoms with Crippen LogP contribution in [0.4, 0.5) is 0 Å². The van der Waals surface area contributed by atoms with Crippen molar-refractivity contribution in [2.45, 2.75) is 18.9 Å². The molecular formula is C24H22N6O. The van der Waals surface area contributed by atoms with E-state index in [9.17, 15) is 0 Å². The lowest BCUT2D eigenvalue weighted by molar-refractivity contribution is 0.162. The number of nitrogens with zero attached hydrogens (tertiary/aromatic N) is 3. The zero-order valence-electron chi connectivity index (χ0n) is 16.9. The van der Waals surface area contributed by atoms with Crippen molar-refractivity contribution in [3.63, 3.8) is 0 Å². The summed E-state index contributed by atoms with van der Waals surface area (Å²) in [5.74, 6) is 0.786. The van der Waals surface area contributed by atoms with Gasteiger partial charge in [-0.15, -0.1) is 0 Å². The van der Waals surface area contributed by atoms with Crippen molar-refractivity contribution in [3.8, 4) is 28.4 Å². The number of nitrogens with one attached hydrogen (secondary N) is 3. The molecule has 0 aliphatic carbocycles. The number of fused-ring (bicyclic) bond motifs is 2. The molecular weight excluding hydrogens is 388 g/mol. The minimum Gasteiger partial charge on any atom is -0.489 e. The summed E-state index contributed by atoms with van der Waals surface area (Å²) in [4.78, 5) is 12.8. The van der Waals surface area contributed by atoms with E-state index in [1.807, 2.05) is 36.5 Å². The lowest BCUT2D eigenvalue weighted by Gasteiger charge is -2.23. The monoisotopic (exact) mass is 410 g/mol. The molecule has 7 nitrogen and oxygen atoms in total. The van der Waals surface area contributed by atoms with Gasteiger partial charge in [-0.2, -0.15) is 5.10 Å². The summed E-state index contributed by atoms with van der Waals surface area (Å²) in [5, 5.41) is 12.1. The Labute approximate surface area is 178 Å². The number of rotatable bonds is 4. The molecule has 5 aromatic rings. The highest BCUT2D eigenvalue weighted by Gasteiger charge is 2.16. The number of hydrogen-bond acceptors (Lipinski definition) is 5. The lowest BCUT2D eigenvalue weighted by atomic mass is 10.1. The summed E-state index contributed by atoms with van der Waals surface area (Å²) in [5.41, 5.74) is 6.32. The number of piperidine rings is 1. The molecule has 7 heteroatoms. The smallest absolute Gasteiger partial charge is 0.138 e. The fourth-order valence-electron chi connectivity index (χ4n) is 4.18. The van der Waals surface area contributed by atoms with Crippen molar-refractivity contribution in [2.75, 3.05) is 13.1 Å². The Morgan fingerprint density at radius 2 is 1.84 bits per heavy atom. The molecule has 0 saturated carbocycles. The van der Waals surface area contributed by atoms with Gasteiger partial charge in [0.15, 0.2) is 0 Å².